The zero-order chi connectivity index (χ0) is 21.2. The Morgan fingerprint density at radius 1 is 1.10 bits per heavy atom. The summed E-state index contributed by atoms with van der Waals surface area (Å²) in [6.45, 7) is 1.91. The van der Waals surface area contributed by atoms with Gasteiger partial charge < -0.3 is 10.7 Å². The third-order valence-electron chi connectivity index (χ3n) is 6.12. The van der Waals surface area contributed by atoms with E-state index < -0.39 is 0 Å². The van der Waals surface area contributed by atoms with E-state index in [1.54, 1.807) is 0 Å². The summed E-state index contributed by atoms with van der Waals surface area (Å²) in [6.07, 6.45) is 5.21. The number of benzene rings is 2. The number of imidazole rings is 1. The Kier molecular flexibility index (Phi) is 5.72. The highest BCUT2D eigenvalue weighted by atomic mass is 35.5. The topological polar surface area (TPSA) is 70.8 Å². The second kappa shape index (κ2) is 8.79. The van der Waals surface area contributed by atoms with Crippen LogP contribution in [0.1, 0.15) is 47.1 Å². The van der Waals surface area contributed by atoms with Crippen molar-refractivity contribution >= 4 is 22.6 Å². The molecule has 1 atom stereocenters. The van der Waals surface area contributed by atoms with E-state index in [0.717, 1.165) is 58.8 Å². The van der Waals surface area contributed by atoms with Crippen LogP contribution in [0.15, 0.2) is 60.8 Å². The second-order valence-corrected chi connectivity index (χ2v) is 8.60. The number of pyridine rings is 1. The van der Waals surface area contributed by atoms with Crippen LogP contribution in [-0.2, 0) is 26.1 Å². The predicted molar refractivity (Wildman–Crippen MR) is 125 cm³/mol. The first kappa shape index (κ1) is 20.2. The molecular weight excluding hydrogens is 406 g/mol. The van der Waals surface area contributed by atoms with E-state index in [9.17, 15) is 0 Å². The van der Waals surface area contributed by atoms with E-state index in [2.05, 4.69) is 34.1 Å². The number of halogens is 1. The molecule has 0 saturated heterocycles. The van der Waals surface area contributed by atoms with E-state index in [-0.39, 0.29) is 6.04 Å². The van der Waals surface area contributed by atoms with Crippen LogP contribution in [-0.4, -0.2) is 19.9 Å². The minimum atomic E-state index is 0.225. The number of aromatic amines is 1. The summed E-state index contributed by atoms with van der Waals surface area (Å²) in [6, 6.07) is 18.8. The van der Waals surface area contributed by atoms with Crippen LogP contribution in [0.3, 0.4) is 0 Å². The lowest BCUT2D eigenvalue weighted by Crippen LogP contribution is -2.32. The number of para-hydroxylation sites is 2. The number of rotatable bonds is 6. The number of H-pyrrole nitrogens is 1. The zero-order valence-corrected chi connectivity index (χ0v) is 18.1. The monoisotopic (exact) mass is 431 g/mol. The molecule has 1 unspecified atom stereocenters. The van der Waals surface area contributed by atoms with E-state index in [1.807, 2.05) is 36.5 Å². The first-order chi connectivity index (χ1) is 15.2. The summed E-state index contributed by atoms with van der Waals surface area (Å²) in [5.74, 6) is 0.957. The molecule has 0 spiro atoms. The van der Waals surface area contributed by atoms with Gasteiger partial charge in [-0.3, -0.25) is 9.88 Å². The molecule has 31 heavy (non-hydrogen) atoms. The molecule has 2 heterocycles. The van der Waals surface area contributed by atoms with Crippen LogP contribution >= 0.6 is 11.6 Å². The molecule has 0 saturated carbocycles. The van der Waals surface area contributed by atoms with Crippen LogP contribution in [0, 0.1) is 0 Å². The molecule has 0 bridgehead atoms. The molecule has 1 aliphatic carbocycles. The minimum absolute atomic E-state index is 0.225. The highest BCUT2D eigenvalue weighted by Gasteiger charge is 2.28. The van der Waals surface area contributed by atoms with Gasteiger partial charge in [-0.15, -0.1) is 0 Å². The standard InChI is InChI=1S/C25H26ClN5/c26-20-13-17(14-27)10-11-19(20)15-31(16-24-29-21-7-1-2-8-22(21)30-24)23-9-3-5-18-6-4-12-28-25(18)23/h1-2,4,6-8,10-13,23H,3,5,9,14-16,27H2,(H,29,30). The molecule has 0 fully saturated rings. The second-order valence-electron chi connectivity index (χ2n) is 8.19. The highest BCUT2D eigenvalue weighted by Crippen LogP contribution is 2.35. The Hall–Kier alpha value is -2.73. The Morgan fingerprint density at radius 2 is 2.00 bits per heavy atom. The molecule has 5 rings (SSSR count). The fourth-order valence-corrected chi connectivity index (χ4v) is 4.82. The van der Waals surface area contributed by atoms with E-state index in [4.69, 9.17) is 27.3 Å². The fraction of sp³-hybridized carbons (Fsp3) is 0.280. The quantitative estimate of drug-likeness (QED) is 0.443. The van der Waals surface area contributed by atoms with Crippen molar-refractivity contribution in [1.29, 1.82) is 0 Å². The maximum atomic E-state index is 6.64. The molecule has 0 radical (unpaired) electrons. The van der Waals surface area contributed by atoms with E-state index in [0.29, 0.717) is 13.1 Å². The van der Waals surface area contributed by atoms with E-state index >= 15 is 0 Å². The van der Waals surface area contributed by atoms with Crippen molar-refractivity contribution in [2.45, 2.75) is 44.9 Å². The third kappa shape index (κ3) is 4.22. The molecular formula is C25H26ClN5. The van der Waals surface area contributed by atoms with Crippen LogP contribution in [0.5, 0.6) is 0 Å². The predicted octanol–water partition coefficient (Wildman–Crippen LogP) is 5.15. The van der Waals surface area contributed by atoms with Crippen LogP contribution in [0.25, 0.3) is 11.0 Å². The van der Waals surface area contributed by atoms with Crippen molar-refractivity contribution < 1.29 is 0 Å². The maximum Gasteiger partial charge on any atom is 0.121 e. The number of hydrogen-bond acceptors (Lipinski definition) is 4. The van der Waals surface area contributed by atoms with Gasteiger partial charge >= 0.3 is 0 Å². The molecule has 5 nitrogen and oxygen atoms in total. The smallest absolute Gasteiger partial charge is 0.121 e. The minimum Gasteiger partial charge on any atom is -0.341 e. The highest BCUT2D eigenvalue weighted by molar-refractivity contribution is 6.31. The summed E-state index contributed by atoms with van der Waals surface area (Å²) in [7, 11) is 0. The average Bonchev–Trinajstić information content (AvgIpc) is 3.22. The zero-order valence-electron chi connectivity index (χ0n) is 17.4. The molecule has 158 valence electrons. The van der Waals surface area contributed by atoms with Gasteiger partial charge in [0.25, 0.3) is 0 Å². The van der Waals surface area contributed by atoms with Gasteiger partial charge in [0.2, 0.25) is 0 Å². The lowest BCUT2D eigenvalue weighted by atomic mass is 9.90. The summed E-state index contributed by atoms with van der Waals surface area (Å²) in [4.78, 5) is 15.5. The summed E-state index contributed by atoms with van der Waals surface area (Å²) in [5, 5.41) is 0.759. The van der Waals surface area contributed by atoms with Gasteiger partial charge in [0.05, 0.1) is 29.3 Å². The third-order valence-corrected chi connectivity index (χ3v) is 6.48. The van der Waals surface area contributed by atoms with Crippen molar-refractivity contribution in [3.63, 3.8) is 0 Å². The molecule has 6 heteroatoms. The van der Waals surface area contributed by atoms with Gasteiger partial charge in [-0.2, -0.15) is 0 Å². The largest absolute Gasteiger partial charge is 0.341 e. The SMILES string of the molecule is NCc1ccc(CN(Cc2nc3ccccc3[nH]2)C2CCCc3cccnc32)c(Cl)c1. The Morgan fingerprint density at radius 3 is 2.84 bits per heavy atom. The van der Waals surface area contributed by atoms with Gasteiger partial charge in [0, 0.05) is 24.3 Å². The number of hydrogen-bond donors (Lipinski definition) is 2. The van der Waals surface area contributed by atoms with Crippen molar-refractivity contribution in [2.24, 2.45) is 5.73 Å². The van der Waals surface area contributed by atoms with Gasteiger partial charge in [0.15, 0.2) is 0 Å². The molecule has 2 aromatic carbocycles. The Bertz CT molecular complexity index is 1170. The number of aryl methyl sites for hydroxylation is 1. The van der Waals surface area contributed by atoms with Crippen molar-refractivity contribution in [3.8, 4) is 0 Å². The molecule has 3 N–H and O–H groups in total. The maximum absolute atomic E-state index is 6.64. The molecule has 2 aromatic heterocycles. The summed E-state index contributed by atoms with van der Waals surface area (Å²) < 4.78 is 0. The number of aromatic nitrogens is 3. The molecule has 0 aliphatic heterocycles. The summed E-state index contributed by atoms with van der Waals surface area (Å²) in [5.41, 5.74) is 12.5. The van der Waals surface area contributed by atoms with Crippen LogP contribution < -0.4 is 5.73 Å². The normalized spacial score (nSPS) is 16.0. The molecule has 4 aromatic rings. The number of fused-ring (bicyclic) bond motifs is 2. The first-order valence-corrected chi connectivity index (χ1v) is 11.2. The molecule has 1 aliphatic rings. The first-order valence-electron chi connectivity index (χ1n) is 10.8. The Labute approximate surface area is 187 Å². The van der Waals surface area contributed by atoms with Gasteiger partial charge in [-0.05, 0) is 60.2 Å². The lowest BCUT2D eigenvalue weighted by Gasteiger charge is -2.34. The van der Waals surface area contributed by atoms with E-state index in [1.165, 1.54) is 11.3 Å². The van der Waals surface area contributed by atoms with Gasteiger partial charge in [-0.1, -0.05) is 41.9 Å². The number of nitrogens with two attached hydrogens (primary N) is 1. The van der Waals surface area contributed by atoms with Crippen LogP contribution in [0.2, 0.25) is 5.02 Å². The fourth-order valence-electron chi connectivity index (χ4n) is 4.55. The summed E-state index contributed by atoms with van der Waals surface area (Å²) >= 11 is 6.64. The number of nitrogens with zero attached hydrogens (tertiary/aromatic N) is 3. The average molecular weight is 432 g/mol. The lowest BCUT2D eigenvalue weighted by molar-refractivity contribution is 0.153. The van der Waals surface area contributed by atoms with Crippen LogP contribution in [0.4, 0.5) is 0 Å². The molecule has 0 amide bonds. The Balaban J connectivity index is 1.51. The number of nitrogens with one attached hydrogen (secondary N) is 1. The van der Waals surface area contributed by atoms with Crippen molar-refractivity contribution in [1.82, 2.24) is 19.9 Å². The van der Waals surface area contributed by atoms with Crippen molar-refractivity contribution in [3.05, 3.63) is 94.0 Å². The van der Waals surface area contributed by atoms with Crippen molar-refractivity contribution in [2.75, 3.05) is 0 Å². The van der Waals surface area contributed by atoms with Gasteiger partial charge in [-0.25, -0.2) is 4.98 Å². The van der Waals surface area contributed by atoms with Gasteiger partial charge in [0.1, 0.15) is 5.82 Å².